The predicted octanol–water partition coefficient (Wildman–Crippen LogP) is 4.22. The van der Waals surface area contributed by atoms with Crippen LogP contribution in [0.2, 0.25) is 0 Å². The largest absolute Gasteiger partial charge is 0.365 e. The van der Waals surface area contributed by atoms with E-state index in [0.29, 0.717) is 11.6 Å². The Morgan fingerprint density at radius 1 is 1.16 bits per heavy atom. The van der Waals surface area contributed by atoms with Gasteiger partial charge in [-0.15, -0.1) is 0 Å². The first-order chi connectivity index (χ1) is 12.1. The molecule has 0 saturated carbocycles. The molecule has 0 unspecified atom stereocenters. The second-order valence-corrected chi connectivity index (χ2v) is 7.13. The third-order valence-electron chi connectivity index (χ3n) is 3.71. The summed E-state index contributed by atoms with van der Waals surface area (Å²) in [4.78, 5) is 13.6. The molecule has 2 aromatic rings. The van der Waals surface area contributed by atoms with Gasteiger partial charge in [-0.05, 0) is 23.3 Å². The van der Waals surface area contributed by atoms with Gasteiger partial charge in [0.15, 0.2) is 0 Å². The van der Waals surface area contributed by atoms with E-state index in [1.807, 2.05) is 71.0 Å². The van der Waals surface area contributed by atoms with Gasteiger partial charge >= 0.3 is 0 Å². The monoisotopic (exact) mass is 411 g/mol. The maximum Gasteiger partial charge on any atom is 0.262 e. The predicted molar refractivity (Wildman–Crippen MR) is 104 cm³/mol. The first-order valence-electron chi connectivity index (χ1n) is 7.48. The number of rotatable bonds is 4. The Labute approximate surface area is 158 Å². The van der Waals surface area contributed by atoms with Gasteiger partial charge in [0.25, 0.3) is 5.91 Å². The van der Waals surface area contributed by atoms with Crippen molar-refractivity contribution in [1.29, 1.82) is 5.26 Å². The van der Waals surface area contributed by atoms with E-state index in [9.17, 15) is 10.1 Å². The zero-order valence-electron chi connectivity index (χ0n) is 13.1. The van der Waals surface area contributed by atoms with Crippen LogP contribution in [0, 0.1) is 11.3 Å². The van der Waals surface area contributed by atoms with Crippen LogP contribution >= 0.6 is 27.7 Å². The molecule has 0 bridgehead atoms. The van der Waals surface area contributed by atoms with Crippen molar-refractivity contribution in [3.05, 3.63) is 86.2 Å². The molecular weight excluding hydrogens is 398 g/mol. The van der Waals surface area contributed by atoms with Gasteiger partial charge in [-0.3, -0.25) is 4.79 Å². The van der Waals surface area contributed by atoms with Gasteiger partial charge in [-0.1, -0.05) is 70.2 Å². The van der Waals surface area contributed by atoms with Gasteiger partial charge in [0.05, 0.1) is 5.70 Å². The number of hydrogen-bond acceptors (Lipinski definition) is 4. The van der Waals surface area contributed by atoms with Gasteiger partial charge in [0.2, 0.25) is 0 Å². The van der Waals surface area contributed by atoms with Crippen molar-refractivity contribution in [1.82, 2.24) is 4.90 Å². The molecule has 0 aromatic heterocycles. The quantitative estimate of drug-likeness (QED) is 0.603. The number of nitrogens with zero attached hydrogens (tertiary/aromatic N) is 2. The van der Waals surface area contributed by atoms with Crippen molar-refractivity contribution >= 4 is 39.3 Å². The molecule has 1 aliphatic heterocycles. The van der Waals surface area contributed by atoms with Crippen LogP contribution < -0.4 is 5.73 Å². The number of carbonyl (C=O) groups excluding carboxylic acids is 1. The number of carbonyl (C=O) groups is 1. The molecule has 2 aromatic carbocycles. The van der Waals surface area contributed by atoms with E-state index >= 15 is 0 Å². The summed E-state index contributed by atoms with van der Waals surface area (Å²) in [5.41, 5.74) is 8.39. The molecule has 124 valence electrons. The average molecular weight is 412 g/mol. The Balaban J connectivity index is 2.04. The van der Waals surface area contributed by atoms with E-state index in [-0.39, 0.29) is 5.57 Å². The summed E-state index contributed by atoms with van der Waals surface area (Å²) in [7, 11) is 0. The van der Waals surface area contributed by atoms with Crippen LogP contribution in [0.3, 0.4) is 0 Å². The van der Waals surface area contributed by atoms with E-state index in [4.69, 9.17) is 5.73 Å². The fourth-order valence-corrected chi connectivity index (χ4v) is 3.82. The van der Waals surface area contributed by atoms with Crippen molar-refractivity contribution in [2.24, 2.45) is 5.73 Å². The van der Waals surface area contributed by atoms with E-state index in [2.05, 4.69) is 15.9 Å². The van der Waals surface area contributed by atoms with Crippen LogP contribution in [0.1, 0.15) is 11.1 Å². The highest BCUT2D eigenvalue weighted by atomic mass is 79.9. The van der Waals surface area contributed by atoms with Gasteiger partial charge in [-0.25, -0.2) is 0 Å². The lowest BCUT2D eigenvalue weighted by Crippen LogP contribution is -2.22. The molecule has 3 rings (SSSR count). The highest BCUT2D eigenvalue weighted by Crippen LogP contribution is 2.42. The molecule has 25 heavy (non-hydrogen) atoms. The van der Waals surface area contributed by atoms with Crippen LogP contribution in [0.15, 0.2) is 75.1 Å². The summed E-state index contributed by atoms with van der Waals surface area (Å²) < 4.78 is 0.989. The van der Waals surface area contributed by atoms with Crippen molar-refractivity contribution < 1.29 is 4.79 Å². The second-order valence-electron chi connectivity index (χ2n) is 5.36. The maximum atomic E-state index is 11.7. The molecule has 6 heteroatoms. The number of nitrogens with two attached hydrogens (primary N) is 1. The van der Waals surface area contributed by atoms with Gasteiger partial charge < -0.3 is 10.6 Å². The summed E-state index contributed by atoms with van der Waals surface area (Å²) in [6.45, 7) is 0.545. The van der Waals surface area contributed by atoms with Crippen molar-refractivity contribution in [3.63, 3.8) is 0 Å². The van der Waals surface area contributed by atoms with Crippen molar-refractivity contribution in [2.45, 2.75) is 6.54 Å². The highest BCUT2D eigenvalue weighted by molar-refractivity contribution is 9.10. The molecule has 0 radical (unpaired) electrons. The number of thioether (sulfide) groups is 1. The molecule has 0 atom stereocenters. The fourth-order valence-electron chi connectivity index (χ4n) is 2.52. The Morgan fingerprint density at radius 2 is 1.84 bits per heavy atom. The fraction of sp³-hybridized carbons (Fsp3) is 0.0526. The minimum absolute atomic E-state index is 0.0238. The molecule has 0 fully saturated rings. The van der Waals surface area contributed by atoms with Crippen LogP contribution in [0.25, 0.3) is 5.70 Å². The summed E-state index contributed by atoms with van der Waals surface area (Å²) in [6.07, 6.45) is 0. The molecule has 1 amide bonds. The lowest BCUT2D eigenvalue weighted by atomic mass is 10.1. The van der Waals surface area contributed by atoms with Gasteiger partial charge in [0.1, 0.15) is 16.7 Å². The Morgan fingerprint density at radius 3 is 2.44 bits per heavy atom. The van der Waals surface area contributed by atoms with E-state index in [1.54, 1.807) is 0 Å². The number of hydrogen-bond donors (Lipinski definition) is 1. The lowest BCUT2D eigenvalue weighted by Gasteiger charge is -2.24. The SMILES string of the molecule is N#CC(C(N)=O)=C1SC=C(c2ccc(Br)cc2)N1Cc1ccccc1. The molecule has 1 aliphatic rings. The first kappa shape index (κ1) is 17.3. The minimum atomic E-state index is -0.714. The second kappa shape index (κ2) is 7.60. The number of nitriles is 1. The summed E-state index contributed by atoms with van der Waals surface area (Å²) in [6, 6.07) is 19.7. The van der Waals surface area contributed by atoms with Crippen LogP contribution in [0.4, 0.5) is 0 Å². The third-order valence-corrected chi connectivity index (χ3v) is 5.23. The molecule has 0 saturated heterocycles. The number of benzene rings is 2. The highest BCUT2D eigenvalue weighted by Gasteiger charge is 2.27. The maximum absolute atomic E-state index is 11.7. The van der Waals surface area contributed by atoms with Crippen molar-refractivity contribution in [2.75, 3.05) is 0 Å². The Kier molecular flexibility index (Phi) is 5.27. The number of primary amides is 1. The first-order valence-corrected chi connectivity index (χ1v) is 9.16. The van der Waals surface area contributed by atoms with E-state index in [0.717, 1.165) is 21.3 Å². The molecular formula is C19H14BrN3OS. The topological polar surface area (TPSA) is 70.1 Å². The average Bonchev–Trinajstić information content (AvgIpc) is 3.00. The van der Waals surface area contributed by atoms with E-state index in [1.165, 1.54) is 11.8 Å². The molecule has 0 aliphatic carbocycles. The smallest absolute Gasteiger partial charge is 0.262 e. The van der Waals surface area contributed by atoms with Gasteiger partial charge in [-0.2, -0.15) is 5.26 Å². The minimum Gasteiger partial charge on any atom is -0.365 e. The zero-order valence-corrected chi connectivity index (χ0v) is 15.5. The standard InChI is InChI=1S/C19H14BrN3OS/c20-15-8-6-14(7-9-15)17-12-25-19(16(10-21)18(22)24)23(17)11-13-4-2-1-3-5-13/h1-9,12H,11H2,(H2,22,24). The van der Waals surface area contributed by atoms with Crippen LogP contribution in [0.5, 0.6) is 0 Å². The van der Waals surface area contributed by atoms with Gasteiger partial charge in [0, 0.05) is 16.4 Å². The third kappa shape index (κ3) is 3.78. The normalized spacial score (nSPS) is 15.5. The van der Waals surface area contributed by atoms with Crippen LogP contribution in [-0.2, 0) is 11.3 Å². The molecule has 4 nitrogen and oxygen atoms in total. The zero-order chi connectivity index (χ0) is 17.8. The number of amides is 1. The van der Waals surface area contributed by atoms with Crippen LogP contribution in [-0.4, -0.2) is 10.8 Å². The molecule has 1 heterocycles. The lowest BCUT2D eigenvalue weighted by molar-refractivity contribution is -0.114. The number of halogens is 1. The Bertz CT molecular complexity index is 899. The Hall–Kier alpha value is -2.49. The molecule has 0 spiro atoms. The summed E-state index contributed by atoms with van der Waals surface area (Å²) in [5, 5.41) is 11.9. The van der Waals surface area contributed by atoms with E-state index < -0.39 is 5.91 Å². The molecule has 2 N–H and O–H groups in total. The van der Waals surface area contributed by atoms with Crippen molar-refractivity contribution in [3.8, 4) is 6.07 Å². The summed E-state index contributed by atoms with van der Waals surface area (Å²) in [5.74, 6) is -0.714. The summed E-state index contributed by atoms with van der Waals surface area (Å²) >= 11 is 4.78.